The smallest absolute Gasteiger partial charge is 0.328 e. The van der Waals surface area contributed by atoms with Crippen molar-refractivity contribution in [3.8, 4) is 11.5 Å². The van der Waals surface area contributed by atoms with Gasteiger partial charge in [0.2, 0.25) is 0 Å². The Hall–Kier alpha value is -2.28. The number of carboxylic acid groups (broad SMARTS) is 1. The number of amides is 1. The minimum absolute atomic E-state index is 0.210. The third-order valence-corrected chi connectivity index (χ3v) is 2.76. The van der Waals surface area contributed by atoms with Crippen LogP contribution in [0.15, 0.2) is 18.2 Å². The normalized spacial score (nSPS) is 13.1. The first kappa shape index (κ1) is 16.8. The summed E-state index contributed by atoms with van der Waals surface area (Å²) in [6, 6.07) is 3.12. The van der Waals surface area contributed by atoms with Crippen LogP contribution in [0.25, 0.3) is 0 Å². The SMILES string of the molecule is CCOc1ccc(C(=O)N[C@H](C(=O)O)[C@@H](C)O)cc1OC. The van der Waals surface area contributed by atoms with E-state index in [1.54, 1.807) is 6.07 Å². The first-order chi connectivity index (χ1) is 9.90. The Kier molecular flexibility index (Phi) is 5.98. The van der Waals surface area contributed by atoms with Crippen molar-refractivity contribution in [1.29, 1.82) is 0 Å². The van der Waals surface area contributed by atoms with Crippen LogP contribution < -0.4 is 14.8 Å². The van der Waals surface area contributed by atoms with E-state index in [2.05, 4.69) is 5.32 Å². The van der Waals surface area contributed by atoms with Crippen molar-refractivity contribution in [2.75, 3.05) is 13.7 Å². The van der Waals surface area contributed by atoms with Crippen molar-refractivity contribution >= 4 is 11.9 Å². The van der Waals surface area contributed by atoms with Gasteiger partial charge >= 0.3 is 5.97 Å². The van der Waals surface area contributed by atoms with Gasteiger partial charge in [0.1, 0.15) is 0 Å². The van der Waals surface area contributed by atoms with Crippen LogP contribution in [0.5, 0.6) is 11.5 Å². The highest BCUT2D eigenvalue weighted by molar-refractivity contribution is 5.97. The van der Waals surface area contributed by atoms with Crippen LogP contribution in [0.1, 0.15) is 24.2 Å². The first-order valence-electron chi connectivity index (χ1n) is 6.43. The molecule has 0 unspecified atom stereocenters. The molecule has 116 valence electrons. The molecule has 0 aliphatic heterocycles. The second kappa shape index (κ2) is 7.49. The summed E-state index contributed by atoms with van der Waals surface area (Å²) in [5.74, 6) is -1.07. The molecule has 1 rings (SSSR count). The van der Waals surface area contributed by atoms with Crippen LogP contribution in [0.3, 0.4) is 0 Å². The Morgan fingerprint density at radius 1 is 1.33 bits per heavy atom. The second-order valence-electron chi connectivity index (χ2n) is 4.33. The first-order valence-corrected chi connectivity index (χ1v) is 6.43. The predicted molar refractivity (Wildman–Crippen MR) is 74.7 cm³/mol. The number of benzene rings is 1. The lowest BCUT2D eigenvalue weighted by Gasteiger charge is -2.17. The van der Waals surface area contributed by atoms with Gasteiger partial charge < -0.3 is 25.0 Å². The zero-order valence-corrected chi connectivity index (χ0v) is 12.1. The number of aliphatic hydroxyl groups excluding tert-OH is 1. The minimum atomic E-state index is -1.38. The molecule has 7 nitrogen and oxygen atoms in total. The zero-order valence-electron chi connectivity index (χ0n) is 12.1. The second-order valence-corrected chi connectivity index (χ2v) is 4.33. The molecule has 0 heterocycles. The van der Waals surface area contributed by atoms with E-state index in [1.165, 1.54) is 26.2 Å². The number of aliphatic carboxylic acids is 1. The maximum atomic E-state index is 12.0. The maximum Gasteiger partial charge on any atom is 0.328 e. The molecule has 0 aromatic heterocycles. The van der Waals surface area contributed by atoms with E-state index in [0.29, 0.717) is 18.1 Å². The highest BCUT2D eigenvalue weighted by atomic mass is 16.5. The third kappa shape index (κ3) is 4.35. The summed E-state index contributed by atoms with van der Waals surface area (Å²) in [6.07, 6.45) is -1.21. The predicted octanol–water partition coefficient (Wildman–Crippen LogP) is 0.658. The van der Waals surface area contributed by atoms with Crippen molar-refractivity contribution < 1.29 is 29.3 Å². The number of carboxylic acids is 1. The molecule has 0 saturated heterocycles. The molecule has 0 fully saturated rings. The van der Waals surface area contributed by atoms with E-state index < -0.39 is 24.0 Å². The molecule has 0 aliphatic carbocycles. The molecule has 1 aromatic rings. The molecule has 0 radical (unpaired) electrons. The topological polar surface area (TPSA) is 105 Å². The number of hydrogen-bond donors (Lipinski definition) is 3. The van der Waals surface area contributed by atoms with Crippen LogP contribution in [0, 0.1) is 0 Å². The van der Waals surface area contributed by atoms with Gasteiger partial charge in [-0.1, -0.05) is 0 Å². The summed E-state index contributed by atoms with van der Waals surface area (Å²) in [5.41, 5.74) is 0.210. The fraction of sp³-hybridized carbons (Fsp3) is 0.429. The van der Waals surface area contributed by atoms with Crippen molar-refractivity contribution in [2.45, 2.75) is 26.0 Å². The van der Waals surface area contributed by atoms with Gasteiger partial charge in [-0.05, 0) is 32.0 Å². The number of ether oxygens (including phenoxy) is 2. The van der Waals surface area contributed by atoms with Gasteiger partial charge in [-0.25, -0.2) is 4.79 Å². The minimum Gasteiger partial charge on any atom is -0.493 e. The van der Waals surface area contributed by atoms with E-state index in [9.17, 15) is 14.7 Å². The third-order valence-electron chi connectivity index (χ3n) is 2.76. The summed E-state index contributed by atoms with van der Waals surface area (Å²) in [5, 5.41) is 20.5. The molecular formula is C14H19NO6. The molecule has 3 N–H and O–H groups in total. The summed E-state index contributed by atoms with van der Waals surface area (Å²) in [6.45, 7) is 3.56. The lowest BCUT2D eigenvalue weighted by atomic mass is 10.1. The summed E-state index contributed by atoms with van der Waals surface area (Å²) >= 11 is 0. The number of rotatable bonds is 7. The van der Waals surface area contributed by atoms with Gasteiger partial charge in [0.15, 0.2) is 17.5 Å². The lowest BCUT2D eigenvalue weighted by Crippen LogP contribution is -2.47. The van der Waals surface area contributed by atoms with E-state index in [0.717, 1.165) is 0 Å². The Morgan fingerprint density at radius 2 is 2.00 bits per heavy atom. The number of carbonyl (C=O) groups is 2. The fourth-order valence-corrected chi connectivity index (χ4v) is 1.70. The van der Waals surface area contributed by atoms with Crippen LogP contribution >= 0.6 is 0 Å². The van der Waals surface area contributed by atoms with Crippen LogP contribution in [0.4, 0.5) is 0 Å². The summed E-state index contributed by atoms with van der Waals surface area (Å²) < 4.78 is 10.4. The van der Waals surface area contributed by atoms with Gasteiger partial charge in [-0.15, -0.1) is 0 Å². The average molecular weight is 297 g/mol. The molecule has 0 saturated carbocycles. The fourth-order valence-electron chi connectivity index (χ4n) is 1.70. The highest BCUT2D eigenvalue weighted by Gasteiger charge is 2.25. The summed E-state index contributed by atoms with van der Waals surface area (Å²) in [4.78, 5) is 23.0. The van der Waals surface area contributed by atoms with Crippen molar-refractivity contribution in [2.24, 2.45) is 0 Å². The summed E-state index contributed by atoms with van der Waals surface area (Å²) in [7, 11) is 1.44. The Morgan fingerprint density at radius 3 is 2.48 bits per heavy atom. The quantitative estimate of drug-likeness (QED) is 0.683. The number of hydrogen-bond acceptors (Lipinski definition) is 5. The van der Waals surface area contributed by atoms with Crippen molar-refractivity contribution in [3.05, 3.63) is 23.8 Å². The van der Waals surface area contributed by atoms with Gasteiger partial charge in [-0.3, -0.25) is 4.79 Å². The Labute approximate surface area is 122 Å². The lowest BCUT2D eigenvalue weighted by molar-refractivity contribution is -0.141. The molecule has 7 heteroatoms. The molecular weight excluding hydrogens is 278 g/mol. The van der Waals surface area contributed by atoms with Gasteiger partial charge in [0.25, 0.3) is 5.91 Å². The Bertz CT molecular complexity index is 514. The highest BCUT2D eigenvalue weighted by Crippen LogP contribution is 2.28. The number of carbonyl (C=O) groups excluding carboxylic acids is 1. The molecule has 21 heavy (non-hydrogen) atoms. The number of methoxy groups -OCH3 is 1. The molecule has 0 spiro atoms. The number of nitrogens with one attached hydrogen (secondary N) is 1. The molecule has 1 aromatic carbocycles. The van der Waals surface area contributed by atoms with Crippen LogP contribution in [0.2, 0.25) is 0 Å². The van der Waals surface area contributed by atoms with E-state index in [4.69, 9.17) is 14.6 Å². The molecule has 1 amide bonds. The van der Waals surface area contributed by atoms with Crippen LogP contribution in [-0.2, 0) is 4.79 Å². The molecule has 2 atom stereocenters. The Balaban J connectivity index is 2.94. The molecule has 0 bridgehead atoms. The van der Waals surface area contributed by atoms with Gasteiger partial charge in [0.05, 0.1) is 19.8 Å². The average Bonchev–Trinajstić information content (AvgIpc) is 2.44. The molecule has 0 aliphatic rings. The maximum absolute atomic E-state index is 12.0. The van der Waals surface area contributed by atoms with Gasteiger partial charge in [0, 0.05) is 5.56 Å². The van der Waals surface area contributed by atoms with Crippen molar-refractivity contribution in [1.82, 2.24) is 5.32 Å². The van der Waals surface area contributed by atoms with Crippen molar-refractivity contribution in [3.63, 3.8) is 0 Å². The largest absolute Gasteiger partial charge is 0.493 e. The zero-order chi connectivity index (χ0) is 16.0. The standard InChI is InChI=1S/C14H19NO6/c1-4-21-10-6-5-9(7-11(10)20-3)13(17)15-12(8(2)16)14(18)19/h5-8,12,16H,4H2,1-3H3,(H,15,17)(H,18,19)/t8-,12+/m1/s1. The monoisotopic (exact) mass is 297 g/mol. The van der Waals surface area contributed by atoms with Gasteiger partial charge in [-0.2, -0.15) is 0 Å². The number of aliphatic hydroxyl groups is 1. The van der Waals surface area contributed by atoms with E-state index in [1.807, 2.05) is 6.92 Å². The van der Waals surface area contributed by atoms with E-state index >= 15 is 0 Å². The van der Waals surface area contributed by atoms with E-state index in [-0.39, 0.29) is 5.56 Å². The van der Waals surface area contributed by atoms with Crippen LogP contribution in [-0.4, -0.2) is 48.0 Å².